The number of hydrogen-bond acceptors (Lipinski definition) is 1. The van der Waals surface area contributed by atoms with E-state index in [0.29, 0.717) is 0 Å². The van der Waals surface area contributed by atoms with Crippen LogP contribution in [0.4, 0.5) is 0 Å². The lowest BCUT2D eigenvalue weighted by molar-refractivity contribution is 0.114. The molecule has 0 aliphatic heterocycles. The Labute approximate surface area is 98.1 Å². The normalized spacial score (nSPS) is 22.4. The summed E-state index contributed by atoms with van der Waals surface area (Å²) in [5, 5.41) is 9.24. The standard InChI is InChI=1S/C8H10.C7H10O/c1-2-8-6-4-3-5-7-8;1-7(8)5-3-2-4-6-7/h3-7H,2H2,1H3;2-5,8H,6H2,1H3. The van der Waals surface area contributed by atoms with Crippen molar-refractivity contribution in [2.75, 3.05) is 0 Å². The highest BCUT2D eigenvalue weighted by molar-refractivity contribution is 5.16. The first-order chi connectivity index (χ1) is 7.64. The Balaban J connectivity index is 0.000000160. The van der Waals surface area contributed by atoms with Crippen molar-refractivity contribution in [3.8, 4) is 0 Å². The van der Waals surface area contributed by atoms with Gasteiger partial charge in [0.1, 0.15) is 0 Å². The van der Waals surface area contributed by atoms with Crippen molar-refractivity contribution in [1.82, 2.24) is 0 Å². The molecule has 0 spiro atoms. The molecule has 2 rings (SSSR count). The van der Waals surface area contributed by atoms with Crippen LogP contribution in [-0.2, 0) is 6.42 Å². The van der Waals surface area contributed by atoms with Crippen LogP contribution in [0.2, 0.25) is 0 Å². The van der Waals surface area contributed by atoms with Gasteiger partial charge >= 0.3 is 0 Å². The number of allylic oxidation sites excluding steroid dienone is 2. The lowest BCUT2D eigenvalue weighted by atomic mass is 9.98. The van der Waals surface area contributed by atoms with E-state index in [4.69, 9.17) is 0 Å². The van der Waals surface area contributed by atoms with Crippen molar-refractivity contribution in [3.05, 3.63) is 60.2 Å². The van der Waals surface area contributed by atoms with Gasteiger partial charge in [0.25, 0.3) is 0 Å². The molecule has 1 unspecified atom stereocenters. The van der Waals surface area contributed by atoms with Crippen LogP contribution >= 0.6 is 0 Å². The van der Waals surface area contributed by atoms with E-state index in [1.165, 1.54) is 5.56 Å². The fraction of sp³-hybridized carbons (Fsp3) is 0.333. The molecule has 1 N–H and O–H groups in total. The van der Waals surface area contributed by atoms with Gasteiger partial charge in [-0.15, -0.1) is 0 Å². The van der Waals surface area contributed by atoms with Gasteiger partial charge in [0, 0.05) is 0 Å². The molecule has 1 aromatic rings. The van der Waals surface area contributed by atoms with Crippen molar-refractivity contribution in [3.63, 3.8) is 0 Å². The molecule has 1 nitrogen and oxygen atoms in total. The number of benzene rings is 1. The summed E-state index contributed by atoms with van der Waals surface area (Å²) in [6.07, 6.45) is 9.44. The van der Waals surface area contributed by atoms with Crippen molar-refractivity contribution in [1.29, 1.82) is 0 Å². The van der Waals surface area contributed by atoms with Crippen LogP contribution in [0.5, 0.6) is 0 Å². The van der Waals surface area contributed by atoms with Crippen LogP contribution in [-0.4, -0.2) is 10.7 Å². The molecule has 0 saturated carbocycles. The summed E-state index contributed by atoms with van der Waals surface area (Å²) in [5.41, 5.74) is 0.821. The maximum Gasteiger partial charge on any atom is 0.0837 e. The van der Waals surface area contributed by atoms with Crippen LogP contribution < -0.4 is 0 Å². The summed E-state index contributed by atoms with van der Waals surface area (Å²) in [5.74, 6) is 0. The Bertz CT molecular complexity index is 347. The first kappa shape index (κ1) is 12.7. The average molecular weight is 216 g/mol. The molecule has 0 aromatic heterocycles. The zero-order valence-electron chi connectivity index (χ0n) is 10.1. The molecule has 1 atom stereocenters. The second kappa shape index (κ2) is 6.29. The van der Waals surface area contributed by atoms with Crippen molar-refractivity contribution in [2.45, 2.75) is 32.3 Å². The minimum Gasteiger partial charge on any atom is -0.386 e. The second-order valence-electron chi connectivity index (χ2n) is 4.19. The van der Waals surface area contributed by atoms with E-state index in [2.05, 4.69) is 31.2 Å². The molecule has 1 aromatic carbocycles. The number of aliphatic hydroxyl groups is 1. The van der Waals surface area contributed by atoms with E-state index >= 15 is 0 Å². The monoisotopic (exact) mass is 216 g/mol. The molecule has 0 radical (unpaired) electrons. The quantitative estimate of drug-likeness (QED) is 0.761. The van der Waals surface area contributed by atoms with Crippen LogP contribution in [0.3, 0.4) is 0 Å². The maximum atomic E-state index is 9.24. The highest BCUT2D eigenvalue weighted by Crippen LogP contribution is 2.14. The first-order valence-electron chi connectivity index (χ1n) is 5.75. The van der Waals surface area contributed by atoms with E-state index in [0.717, 1.165) is 12.8 Å². The Morgan fingerprint density at radius 1 is 1.19 bits per heavy atom. The Kier molecular flexibility index (Phi) is 5.00. The SMILES string of the molecule is CC1(O)C=CC=CC1.CCc1ccccc1. The Morgan fingerprint density at radius 3 is 2.19 bits per heavy atom. The number of hydrogen-bond donors (Lipinski definition) is 1. The molecule has 1 aliphatic rings. The summed E-state index contributed by atoms with van der Waals surface area (Å²) in [4.78, 5) is 0. The van der Waals surface area contributed by atoms with Gasteiger partial charge in [-0.3, -0.25) is 0 Å². The molecule has 0 saturated heterocycles. The minimum atomic E-state index is -0.589. The van der Waals surface area contributed by atoms with Crippen molar-refractivity contribution in [2.24, 2.45) is 0 Å². The lowest BCUT2D eigenvalue weighted by Gasteiger charge is -2.17. The van der Waals surface area contributed by atoms with Gasteiger partial charge < -0.3 is 5.11 Å². The van der Waals surface area contributed by atoms with Crippen LogP contribution in [0, 0.1) is 0 Å². The summed E-state index contributed by atoms with van der Waals surface area (Å²) < 4.78 is 0. The van der Waals surface area contributed by atoms with Gasteiger partial charge in [-0.2, -0.15) is 0 Å². The minimum absolute atomic E-state index is 0.589. The first-order valence-corrected chi connectivity index (χ1v) is 5.75. The van der Waals surface area contributed by atoms with E-state index < -0.39 is 5.60 Å². The average Bonchev–Trinajstić information content (AvgIpc) is 2.31. The topological polar surface area (TPSA) is 20.2 Å². The largest absolute Gasteiger partial charge is 0.386 e. The summed E-state index contributed by atoms with van der Waals surface area (Å²) in [6.45, 7) is 3.96. The van der Waals surface area contributed by atoms with Crippen molar-refractivity contribution < 1.29 is 5.11 Å². The van der Waals surface area contributed by atoms with Crippen LogP contribution in [0.15, 0.2) is 54.6 Å². The van der Waals surface area contributed by atoms with Gasteiger partial charge in [0.2, 0.25) is 0 Å². The van der Waals surface area contributed by atoms with E-state index in [9.17, 15) is 5.11 Å². The highest BCUT2D eigenvalue weighted by atomic mass is 16.3. The van der Waals surface area contributed by atoms with Gasteiger partial charge in [-0.25, -0.2) is 0 Å². The summed E-state index contributed by atoms with van der Waals surface area (Å²) >= 11 is 0. The lowest BCUT2D eigenvalue weighted by Crippen LogP contribution is -2.20. The van der Waals surface area contributed by atoms with Crippen LogP contribution in [0.1, 0.15) is 25.8 Å². The molecule has 1 aliphatic carbocycles. The van der Waals surface area contributed by atoms with E-state index in [-0.39, 0.29) is 0 Å². The molecule has 16 heavy (non-hydrogen) atoms. The predicted octanol–water partition coefficient (Wildman–Crippen LogP) is 3.50. The second-order valence-corrected chi connectivity index (χ2v) is 4.19. The zero-order valence-corrected chi connectivity index (χ0v) is 10.1. The van der Waals surface area contributed by atoms with E-state index in [1.807, 2.05) is 24.3 Å². The smallest absolute Gasteiger partial charge is 0.0837 e. The molecule has 1 heteroatoms. The maximum absolute atomic E-state index is 9.24. The molecular weight excluding hydrogens is 196 g/mol. The molecular formula is C15H20O. The number of aryl methyl sites for hydroxylation is 1. The molecule has 0 bridgehead atoms. The molecule has 0 heterocycles. The van der Waals surface area contributed by atoms with Gasteiger partial charge in [0.05, 0.1) is 5.60 Å². The Morgan fingerprint density at radius 2 is 1.88 bits per heavy atom. The molecule has 86 valence electrons. The third kappa shape index (κ3) is 4.94. The third-order valence-electron chi connectivity index (χ3n) is 2.48. The Hall–Kier alpha value is -1.34. The number of rotatable bonds is 1. The summed E-state index contributed by atoms with van der Waals surface area (Å²) in [6, 6.07) is 10.5. The van der Waals surface area contributed by atoms with Gasteiger partial charge in [-0.1, -0.05) is 61.6 Å². The summed E-state index contributed by atoms with van der Waals surface area (Å²) in [7, 11) is 0. The van der Waals surface area contributed by atoms with Crippen molar-refractivity contribution >= 4 is 0 Å². The third-order valence-corrected chi connectivity index (χ3v) is 2.48. The fourth-order valence-corrected chi connectivity index (χ4v) is 1.43. The predicted molar refractivity (Wildman–Crippen MR) is 69.3 cm³/mol. The zero-order chi connectivity index (χ0) is 11.9. The fourth-order valence-electron chi connectivity index (χ4n) is 1.43. The molecule has 0 amide bonds. The molecule has 0 fully saturated rings. The van der Waals surface area contributed by atoms with Gasteiger partial charge in [-0.05, 0) is 25.3 Å². The van der Waals surface area contributed by atoms with Crippen LogP contribution in [0.25, 0.3) is 0 Å². The highest BCUT2D eigenvalue weighted by Gasteiger charge is 2.14. The van der Waals surface area contributed by atoms with E-state index in [1.54, 1.807) is 13.0 Å². The van der Waals surface area contributed by atoms with Gasteiger partial charge in [0.15, 0.2) is 0 Å².